The van der Waals surface area contributed by atoms with Crippen molar-refractivity contribution in [3.63, 3.8) is 0 Å². The lowest BCUT2D eigenvalue weighted by Crippen LogP contribution is -2.47. The van der Waals surface area contributed by atoms with E-state index in [1.54, 1.807) is 6.08 Å². The second-order valence-electron chi connectivity index (χ2n) is 7.87. The van der Waals surface area contributed by atoms with Gasteiger partial charge in [0.2, 0.25) is 0 Å². The number of aldehydes is 1. The Morgan fingerprint density at radius 1 is 0.697 bits per heavy atom. The molecular weight excluding hydrogens is 416 g/mol. The van der Waals surface area contributed by atoms with Gasteiger partial charge < -0.3 is 18.9 Å². The van der Waals surface area contributed by atoms with Crippen LogP contribution < -0.4 is 0 Å². The van der Waals surface area contributed by atoms with E-state index in [0.29, 0.717) is 26.1 Å². The maximum atomic E-state index is 11.6. The van der Waals surface area contributed by atoms with E-state index in [4.69, 9.17) is 18.9 Å². The van der Waals surface area contributed by atoms with Gasteiger partial charge in [-0.05, 0) is 22.8 Å². The Morgan fingerprint density at radius 3 is 1.76 bits per heavy atom. The van der Waals surface area contributed by atoms with Crippen LogP contribution in [-0.4, -0.2) is 31.2 Å². The molecule has 0 N–H and O–H groups in total. The second-order valence-corrected chi connectivity index (χ2v) is 7.87. The first-order chi connectivity index (χ1) is 16.3. The van der Waals surface area contributed by atoms with Crippen molar-refractivity contribution in [2.75, 3.05) is 6.61 Å². The van der Waals surface area contributed by atoms with Crippen LogP contribution >= 0.6 is 0 Å². The third-order valence-corrected chi connectivity index (χ3v) is 5.39. The molecule has 5 nitrogen and oxygen atoms in total. The lowest BCUT2D eigenvalue weighted by atomic mass is 10.0. The standard InChI is InChI=1S/C28H28O5/c29-17-25-16-26(31-19-23-12-6-2-7-13-23)28(32-20-24-14-8-3-9-15-24)27(33-25)21-30-18-22-10-4-1-5-11-22/h1-17,26-28H,18-21H2/t26-,27?,28-/m1/s1. The molecule has 1 aliphatic heterocycles. The van der Waals surface area contributed by atoms with Gasteiger partial charge in [-0.3, -0.25) is 4.79 Å². The van der Waals surface area contributed by atoms with Crippen molar-refractivity contribution in [1.29, 1.82) is 0 Å². The van der Waals surface area contributed by atoms with Gasteiger partial charge >= 0.3 is 0 Å². The van der Waals surface area contributed by atoms with Crippen LogP contribution in [0.4, 0.5) is 0 Å². The highest BCUT2D eigenvalue weighted by atomic mass is 16.6. The summed E-state index contributed by atoms with van der Waals surface area (Å²) in [5, 5.41) is 0. The quantitative estimate of drug-likeness (QED) is 0.396. The largest absolute Gasteiger partial charge is 0.482 e. The predicted octanol–water partition coefficient (Wildman–Crippen LogP) is 4.86. The van der Waals surface area contributed by atoms with Crippen LogP contribution in [0.2, 0.25) is 0 Å². The fourth-order valence-corrected chi connectivity index (χ4v) is 3.69. The van der Waals surface area contributed by atoms with Gasteiger partial charge in [0.05, 0.1) is 26.4 Å². The van der Waals surface area contributed by atoms with E-state index < -0.39 is 18.3 Å². The molecule has 3 aromatic rings. The summed E-state index contributed by atoms with van der Waals surface area (Å²) in [6, 6.07) is 29.8. The van der Waals surface area contributed by atoms with Crippen molar-refractivity contribution in [1.82, 2.24) is 0 Å². The van der Waals surface area contributed by atoms with E-state index in [1.807, 2.05) is 91.0 Å². The molecule has 0 aromatic heterocycles. The summed E-state index contributed by atoms with van der Waals surface area (Å²) in [5.41, 5.74) is 3.16. The van der Waals surface area contributed by atoms with E-state index in [9.17, 15) is 4.79 Å². The highest BCUT2D eigenvalue weighted by Crippen LogP contribution is 2.25. The smallest absolute Gasteiger partial charge is 0.184 e. The molecule has 3 aromatic carbocycles. The lowest BCUT2D eigenvalue weighted by molar-refractivity contribution is -0.155. The zero-order valence-corrected chi connectivity index (χ0v) is 18.4. The molecule has 1 heterocycles. The summed E-state index contributed by atoms with van der Waals surface area (Å²) in [4.78, 5) is 11.6. The summed E-state index contributed by atoms with van der Waals surface area (Å²) < 4.78 is 24.4. The van der Waals surface area contributed by atoms with Crippen LogP contribution in [0.15, 0.2) is 103 Å². The van der Waals surface area contributed by atoms with Gasteiger partial charge in [-0.25, -0.2) is 0 Å². The Kier molecular flexibility index (Phi) is 8.42. The van der Waals surface area contributed by atoms with Gasteiger partial charge in [-0.2, -0.15) is 0 Å². The van der Waals surface area contributed by atoms with Gasteiger partial charge in [0, 0.05) is 0 Å². The molecule has 1 unspecified atom stereocenters. The number of hydrogen-bond donors (Lipinski definition) is 0. The maximum Gasteiger partial charge on any atom is 0.184 e. The van der Waals surface area contributed by atoms with Crippen molar-refractivity contribution in [2.24, 2.45) is 0 Å². The third kappa shape index (κ3) is 6.86. The predicted molar refractivity (Wildman–Crippen MR) is 125 cm³/mol. The first-order valence-corrected chi connectivity index (χ1v) is 11.1. The maximum absolute atomic E-state index is 11.6. The van der Waals surface area contributed by atoms with E-state index in [0.717, 1.165) is 16.7 Å². The molecule has 0 amide bonds. The van der Waals surface area contributed by atoms with Crippen LogP contribution in [-0.2, 0) is 43.6 Å². The van der Waals surface area contributed by atoms with Crippen molar-refractivity contribution in [2.45, 2.75) is 38.1 Å². The molecule has 5 heteroatoms. The fourth-order valence-electron chi connectivity index (χ4n) is 3.69. The van der Waals surface area contributed by atoms with Crippen LogP contribution in [0, 0.1) is 0 Å². The van der Waals surface area contributed by atoms with Crippen molar-refractivity contribution >= 4 is 6.29 Å². The number of carbonyl (C=O) groups excluding carboxylic acids is 1. The summed E-state index contributed by atoms with van der Waals surface area (Å²) in [6.45, 7) is 1.52. The SMILES string of the molecule is O=CC1=C[C@@H](OCc2ccccc2)[C@@H](OCc2ccccc2)C(COCc2ccccc2)O1. The van der Waals surface area contributed by atoms with Gasteiger partial charge in [0.1, 0.15) is 12.2 Å². The van der Waals surface area contributed by atoms with Crippen molar-refractivity contribution < 1.29 is 23.7 Å². The molecule has 1 aliphatic rings. The number of ether oxygens (including phenoxy) is 4. The molecule has 0 aliphatic carbocycles. The lowest BCUT2D eigenvalue weighted by Gasteiger charge is -2.36. The van der Waals surface area contributed by atoms with Crippen molar-refractivity contribution in [3.05, 3.63) is 120 Å². The first-order valence-electron chi connectivity index (χ1n) is 11.1. The molecule has 4 rings (SSSR count). The average molecular weight is 445 g/mol. The number of carbonyl (C=O) groups is 1. The Labute approximate surface area is 194 Å². The Bertz CT molecular complexity index is 1000. The van der Waals surface area contributed by atoms with E-state index in [1.165, 1.54) is 0 Å². The molecular formula is C28H28O5. The number of rotatable bonds is 11. The van der Waals surface area contributed by atoms with Crippen LogP contribution in [0.3, 0.4) is 0 Å². The molecule has 0 saturated carbocycles. The highest BCUT2D eigenvalue weighted by Gasteiger charge is 2.37. The van der Waals surface area contributed by atoms with Gasteiger partial charge in [-0.15, -0.1) is 0 Å². The summed E-state index contributed by atoms with van der Waals surface area (Å²) >= 11 is 0. The third-order valence-electron chi connectivity index (χ3n) is 5.39. The fraction of sp³-hybridized carbons (Fsp3) is 0.250. The second kappa shape index (κ2) is 12.1. The Morgan fingerprint density at radius 2 is 1.21 bits per heavy atom. The number of benzene rings is 3. The van der Waals surface area contributed by atoms with E-state index >= 15 is 0 Å². The van der Waals surface area contributed by atoms with Gasteiger partial charge in [0.25, 0.3) is 0 Å². The summed E-state index contributed by atoms with van der Waals surface area (Å²) in [6.07, 6.45) is 1.03. The summed E-state index contributed by atoms with van der Waals surface area (Å²) in [7, 11) is 0. The molecule has 0 saturated heterocycles. The van der Waals surface area contributed by atoms with Crippen LogP contribution in [0.1, 0.15) is 16.7 Å². The number of hydrogen-bond acceptors (Lipinski definition) is 5. The molecule has 0 fully saturated rings. The minimum atomic E-state index is -0.483. The monoisotopic (exact) mass is 444 g/mol. The molecule has 170 valence electrons. The molecule has 3 atom stereocenters. The molecule has 0 bridgehead atoms. The molecule has 33 heavy (non-hydrogen) atoms. The zero-order valence-electron chi connectivity index (χ0n) is 18.4. The normalized spacial score (nSPS) is 20.0. The average Bonchev–Trinajstić information content (AvgIpc) is 2.88. The Balaban J connectivity index is 1.47. The summed E-state index contributed by atoms with van der Waals surface area (Å²) in [5.74, 6) is 0.237. The van der Waals surface area contributed by atoms with E-state index in [2.05, 4.69) is 0 Å². The molecule has 0 spiro atoms. The number of allylic oxidation sites excluding steroid dienone is 1. The Hall–Kier alpha value is -3.25. The van der Waals surface area contributed by atoms with Crippen LogP contribution in [0.25, 0.3) is 0 Å². The van der Waals surface area contributed by atoms with Crippen molar-refractivity contribution in [3.8, 4) is 0 Å². The minimum Gasteiger partial charge on any atom is -0.482 e. The topological polar surface area (TPSA) is 54.0 Å². The van der Waals surface area contributed by atoms with Crippen LogP contribution in [0.5, 0.6) is 0 Å². The zero-order chi connectivity index (χ0) is 22.7. The first kappa shape index (κ1) is 22.9. The minimum absolute atomic E-state index is 0.237. The highest BCUT2D eigenvalue weighted by molar-refractivity contribution is 5.70. The molecule has 0 radical (unpaired) electrons. The van der Waals surface area contributed by atoms with Gasteiger partial charge in [0.15, 0.2) is 18.1 Å². The van der Waals surface area contributed by atoms with Gasteiger partial charge in [-0.1, -0.05) is 91.0 Å². The van der Waals surface area contributed by atoms with E-state index in [-0.39, 0.29) is 12.4 Å².